The Bertz CT molecular complexity index is 245. The predicted molar refractivity (Wildman–Crippen MR) is 87.5 cm³/mol. The Balaban J connectivity index is 1.73. The van der Waals surface area contributed by atoms with Crippen LogP contribution in [-0.2, 0) is 0 Å². The Kier molecular flexibility index (Phi) is 5.24. The average Bonchev–Trinajstić information content (AvgIpc) is 2.88. The number of rotatable bonds is 3. The van der Waals surface area contributed by atoms with Crippen LogP contribution in [-0.4, -0.2) is 17.0 Å². The van der Waals surface area contributed by atoms with Crippen molar-refractivity contribution in [2.75, 3.05) is 0 Å². The van der Waals surface area contributed by atoms with Gasteiger partial charge in [-0.05, 0) is 55.0 Å². The number of hydrogen-bond donors (Lipinski definition) is 0. The van der Waals surface area contributed by atoms with Crippen LogP contribution in [0.5, 0.6) is 0 Å². The van der Waals surface area contributed by atoms with Gasteiger partial charge in [-0.25, -0.2) is 0 Å². The molecule has 3 aliphatic carbocycles. The van der Waals surface area contributed by atoms with Crippen molar-refractivity contribution >= 4 is 7.92 Å². The highest BCUT2D eigenvalue weighted by molar-refractivity contribution is 7.60. The first kappa shape index (κ1) is 14.4. The Morgan fingerprint density at radius 2 is 1.11 bits per heavy atom. The van der Waals surface area contributed by atoms with Crippen molar-refractivity contribution in [1.29, 1.82) is 0 Å². The van der Waals surface area contributed by atoms with E-state index < -0.39 is 0 Å². The van der Waals surface area contributed by atoms with E-state index >= 15 is 0 Å². The Morgan fingerprint density at radius 3 is 1.53 bits per heavy atom. The molecule has 0 aromatic heterocycles. The molecule has 3 aliphatic rings. The molecule has 3 rings (SSSR count). The largest absolute Gasteiger partial charge is 0.0969 e. The van der Waals surface area contributed by atoms with E-state index in [4.69, 9.17) is 0 Å². The van der Waals surface area contributed by atoms with Crippen LogP contribution >= 0.6 is 7.92 Å². The fourth-order valence-electron chi connectivity index (χ4n) is 5.17. The van der Waals surface area contributed by atoms with E-state index in [0.29, 0.717) is 7.92 Å². The molecule has 19 heavy (non-hydrogen) atoms. The smallest absolute Gasteiger partial charge is 0.0178 e. The molecule has 2 atom stereocenters. The average molecular weight is 280 g/mol. The van der Waals surface area contributed by atoms with Crippen LogP contribution in [0.3, 0.4) is 0 Å². The molecule has 1 heteroatoms. The molecule has 0 aromatic rings. The van der Waals surface area contributed by atoms with Crippen LogP contribution in [0, 0.1) is 5.92 Å². The second-order valence-electron chi connectivity index (χ2n) is 7.51. The summed E-state index contributed by atoms with van der Waals surface area (Å²) >= 11 is 0. The molecule has 0 saturated heterocycles. The summed E-state index contributed by atoms with van der Waals surface area (Å²) in [5, 5.41) is 0. The summed E-state index contributed by atoms with van der Waals surface area (Å²) in [7, 11) is 0.363. The molecule has 0 spiro atoms. The first-order chi connectivity index (χ1) is 9.36. The molecule has 3 saturated carbocycles. The minimum Gasteiger partial charge on any atom is -0.0969 e. The minimum absolute atomic E-state index is 0.363. The van der Waals surface area contributed by atoms with E-state index in [-0.39, 0.29) is 0 Å². The lowest BCUT2D eigenvalue weighted by atomic mass is 9.99. The SMILES string of the molecule is CC1CCCC1P(C1CCCCC1)C1CCCCC1. The van der Waals surface area contributed by atoms with Crippen LogP contribution in [0.25, 0.3) is 0 Å². The monoisotopic (exact) mass is 280 g/mol. The van der Waals surface area contributed by atoms with E-state index in [1.165, 1.54) is 29.8 Å². The van der Waals surface area contributed by atoms with Gasteiger partial charge < -0.3 is 0 Å². The third-order valence-corrected chi connectivity index (χ3v) is 10.4. The third kappa shape index (κ3) is 3.37. The first-order valence-electron chi connectivity index (χ1n) is 9.13. The maximum atomic E-state index is 2.58. The summed E-state index contributed by atoms with van der Waals surface area (Å²) in [4.78, 5) is 0. The second kappa shape index (κ2) is 6.93. The highest BCUT2D eigenvalue weighted by Gasteiger charge is 2.39. The third-order valence-electron chi connectivity index (χ3n) is 6.19. The van der Waals surface area contributed by atoms with E-state index in [1.54, 1.807) is 70.6 Å². The molecule has 0 amide bonds. The van der Waals surface area contributed by atoms with Gasteiger partial charge in [0.15, 0.2) is 0 Å². The van der Waals surface area contributed by atoms with E-state index in [0.717, 1.165) is 5.92 Å². The molecule has 2 unspecified atom stereocenters. The lowest BCUT2D eigenvalue weighted by molar-refractivity contribution is 0.474. The summed E-state index contributed by atoms with van der Waals surface area (Å²) in [5.41, 5.74) is 3.52. The normalized spacial score (nSPS) is 35.1. The maximum Gasteiger partial charge on any atom is -0.0178 e. The van der Waals surface area contributed by atoms with Crippen molar-refractivity contribution in [3.8, 4) is 0 Å². The highest BCUT2D eigenvalue weighted by Crippen LogP contribution is 2.63. The van der Waals surface area contributed by atoms with Crippen molar-refractivity contribution in [1.82, 2.24) is 0 Å². The molecule has 0 aliphatic heterocycles. The van der Waals surface area contributed by atoms with Gasteiger partial charge in [-0.3, -0.25) is 0 Å². The van der Waals surface area contributed by atoms with E-state index in [9.17, 15) is 0 Å². The van der Waals surface area contributed by atoms with Gasteiger partial charge in [0, 0.05) is 0 Å². The van der Waals surface area contributed by atoms with Gasteiger partial charge in [0.05, 0.1) is 0 Å². The molecule has 0 radical (unpaired) electrons. The van der Waals surface area contributed by atoms with Crippen molar-refractivity contribution in [3.05, 3.63) is 0 Å². The summed E-state index contributed by atoms with van der Waals surface area (Å²) < 4.78 is 0. The standard InChI is InChI=1S/C18H33P/c1-15-9-8-14-18(15)19(16-10-4-2-5-11-16)17-12-6-3-7-13-17/h15-18H,2-14H2,1H3. The molecule has 0 bridgehead atoms. The van der Waals surface area contributed by atoms with Crippen molar-refractivity contribution < 1.29 is 0 Å². The Morgan fingerprint density at radius 1 is 0.579 bits per heavy atom. The van der Waals surface area contributed by atoms with Crippen LogP contribution in [0.15, 0.2) is 0 Å². The second-order valence-corrected chi connectivity index (χ2v) is 10.5. The van der Waals surface area contributed by atoms with Gasteiger partial charge in [0.25, 0.3) is 0 Å². The summed E-state index contributed by atoms with van der Waals surface area (Å²) in [6.07, 6.45) is 20.4. The van der Waals surface area contributed by atoms with E-state index in [2.05, 4.69) is 6.92 Å². The summed E-state index contributed by atoms with van der Waals surface area (Å²) in [6.45, 7) is 2.58. The summed E-state index contributed by atoms with van der Waals surface area (Å²) in [5.74, 6) is 1.06. The van der Waals surface area contributed by atoms with Crippen LogP contribution in [0.1, 0.15) is 90.4 Å². The number of hydrogen-bond acceptors (Lipinski definition) is 0. The fraction of sp³-hybridized carbons (Fsp3) is 1.00. The molecule has 3 fully saturated rings. The zero-order chi connectivity index (χ0) is 13.1. The molecule has 0 aromatic carbocycles. The minimum atomic E-state index is 0.363. The van der Waals surface area contributed by atoms with E-state index in [1.807, 2.05) is 0 Å². The zero-order valence-electron chi connectivity index (χ0n) is 12.9. The molecule has 0 N–H and O–H groups in total. The highest BCUT2D eigenvalue weighted by atomic mass is 31.1. The molecular formula is C18H33P. The van der Waals surface area contributed by atoms with Gasteiger partial charge >= 0.3 is 0 Å². The lowest BCUT2D eigenvalue weighted by Gasteiger charge is -2.43. The predicted octanol–water partition coefficient (Wildman–Crippen LogP) is 6.32. The van der Waals surface area contributed by atoms with Gasteiger partial charge in [0.1, 0.15) is 0 Å². The van der Waals surface area contributed by atoms with Gasteiger partial charge in [0.2, 0.25) is 0 Å². The quantitative estimate of drug-likeness (QED) is 0.530. The molecule has 0 nitrogen and oxygen atoms in total. The van der Waals surface area contributed by atoms with Gasteiger partial charge in [-0.15, -0.1) is 0 Å². The Labute approximate surface area is 121 Å². The van der Waals surface area contributed by atoms with Crippen LogP contribution in [0.2, 0.25) is 0 Å². The molecule has 110 valence electrons. The fourth-order valence-corrected chi connectivity index (χ4v) is 9.99. The van der Waals surface area contributed by atoms with Crippen LogP contribution in [0.4, 0.5) is 0 Å². The van der Waals surface area contributed by atoms with Crippen molar-refractivity contribution in [2.24, 2.45) is 5.92 Å². The van der Waals surface area contributed by atoms with Gasteiger partial charge in [-0.1, -0.05) is 66.2 Å². The van der Waals surface area contributed by atoms with Crippen LogP contribution < -0.4 is 0 Å². The van der Waals surface area contributed by atoms with Gasteiger partial charge in [-0.2, -0.15) is 0 Å². The topological polar surface area (TPSA) is 0 Å². The lowest BCUT2D eigenvalue weighted by Crippen LogP contribution is -2.27. The van der Waals surface area contributed by atoms with Crippen molar-refractivity contribution in [2.45, 2.75) is 107 Å². The zero-order valence-corrected chi connectivity index (χ0v) is 13.8. The van der Waals surface area contributed by atoms with Crippen molar-refractivity contribution in [3.63, 3.8) is 0 Å². The first-order valence-corrected chi connectivity index (χ1v) is 10.7. The summed E-state index contributed by atoms with van der Waals surface area (Å²) in [6, 6.07) is 0. The molecule has 0 heterocycles. The molecular weight excluding hydrogens is 247 g/mol. The Hall–Kier alpha value is 0.430. The maximum absolute atomic E-state index is 2.58.